The Kier molecular flexibility index (Phi) is 7.45. The van der Waals surface area contributed by atoms with Crippen LogP contribution in [0.4, 0.5) is 10.5 Å². The van der Waals surface area contributed by atoms with Crippen molar-refractivity contribution in [3.8, 4) is 0 Å². The third-order valence-corrected chi connectivity index (χ3v) is 3.96. The van der Waals surface area contributed by atoms with E-state index in [1.165, 1.54) is 0 Å². The number of methoxy groups -OCH3 is 1. The van der Waals surface area contributed by atoms with E-state index < -0.39 is 0 Å². The Balaban J connectivity index is 1.88. The second kappa shape index (κ2) is 9.89. The SMILES string of the molecule is COCCOCNC(=O)Nc1ccccc1Sc1ccccc1. The lowest BCUT2D eigenvalue weighted by atomic mass is 10.3. The molecule has 2 rings (SSSR count). The van der Waals surface area contributed by atoms with Gasteiger partial charge in [0.2, 0.25) is 0 Å². The molecule has 6 heteroatoms. The molecule has 2 amide bonds. The number of para-hydroxylation sites is 1. The monoisotopic (exact) mass is 332 g/mol. The van der Waals surface area contributed by atoms with Gasteiger partial charge in [0.25, 0.3) is 0 Å². The van der Waals surface area contributed by atoms with Gasteiger partial charge in [0.1, 0.15) is 6.73 Å². The van der Waals surface area contributed by atoms with Crippen LogP contribution in [0.3, 0.4) is 0 Å². The Morgan fingerprint density at radius 3 is 2.57 bits per heavy atom. The first kappa shape index (κ1) is 17.3. The van der Waals surface area contributed by atoms with Crippen molar-refractivity contribution in [1.29, 1.82) is 0 Å². The summed E-state index contributed by atoms with van der Waals surface area (Å²) in [6.45, 7) is 1.08. The fourth-order valence-electron chi connectivity index (χ4n) is 1.77. The average molecular weight is 332 g/mol. The zero-order chi connectivity index (χ0) is 16.3. The van der Waals surface area contributed by atoms with Crippen LogP contribution in [-0.2, 0) is 9.47 Å². The number of ether oxygens (including phenoxy) is 2. The van der Waals surface area contributed by atoms with Crippen LogP contribution in [0.2, 0.25) is 0 Å². The summed E-state index contributed by atoms with van der Waals surface area (Å²) in [4.78, 5) is 14.0. The fourth-order valence-corrected chi connectivity index (χ4v) is 2.69. The normalized spacial score (nSPS) is 10.3. The lowest BCUT2D eigenvalue weighted by molar-refractivity contribution is 0.0650. The predicted octanol–water partition coefficient (Wildman–Crippen LogP) is 3.58. The number of urea groups is 1. The molecule has 5 nitrogen and oxygen atoms in total. The highest BCUT2D eigenvalue weighted by Gasteiger charge is 2.07. The van der Waals surface area contributed by atoms with Gasteiger partial charge in [-0.25, -0.2) is 4.79 Å². The third-order valence-electron chi connectivity index (χ3n) is 2.87. The van der Waals surface area contributed by atoms with E-state index in [1.807, 2.05) is 54.6 Å². The highest BCUT2D eigenvalue weighted by molar-refractivity contribution is 7.99. The molecular weight excluding hydrogens is 312 g/mol. The summed E-state index contributed by atoms with van der Waals surface area (Å²) in [6.07, 6.45) is 0. The number of nitrogens with one attached hydrogen (secondary N) is 2. The number of carbonyl (C=O) groups excluding carboxylic acids is 1. The van der Waals surface area contributed by atoms with Crippen LogP contribution in [0.15, 0.2) is 64.4 Å². The first-order valence-corrected chi connectivity index (χ1v) is 8.04. The van der Waals surface area contributed by atoms with E-state index in [1.54, 1.807) is 18.9 Å². The van der Waals surface area contributed by atoms with E-state index in [-0.39, 0.29) is 12.8 Å². The summed E-state index contributed by atoms with van der Waals surface area (Å²) < 4.78 is 10.1. The molecule has 0 bridgehead atoms. The van der Waals surface area contributed by atoms with Gasteiger partial charge in [0.15, 0.2) is 0 Å². The summed E-state index contributed by atoms with van der Waals surface area (Å²) in [5.41, 5.74) is 0.760. The van der Waals surface area contributed by atoms with Crippen molar-refractivity contribution in [3.05, 3.63) is 54.6 Å². The van der Waals surface area contributed by atoms with Crippen molar-refractivity contribution in [3.63, 3.8) is 0 Å². The van der Waals surface area contributed by atoms with E-state index in [2.05, 4.69) is 10.6 Å². The van der Waals surface area contributed by atoms with Crippen LogP contribution in [0.25, 0.3) is 0 Å². The number of hydrogen-bond acceptors (Lipinski definition) is 4. The summed E-state index contributed by atoms with van der Waals surface area (Å²) in [5.74, 6) is 0. The van der Waals surface area contributed by atoms with E-state index in [0.29, 0.717) is 13.2 Å². The van der Waals surface area contributed by atoms with Gasteiger partial charge >= 0.3 is 6.03 Å². The summed E-state index contributed by atoms with van der Waals surface area (Å²) in [5, 5.41) is 5.48. The minimum absolute atomic E-state index is 0.142. The fraction of sp³-hybridized carbons (Fsp3) is 0.235. The van der Waals surface area contributed by atoms with Crippen LogP contribution < -0.4 is 10.6 Å². The Bertz CT molecular complexity index is 608. The maximum Gasteiger partial charge on any atom is 0.321 e. The number of anilines is 1. The molecule has 0 aliphatic rings. The van der Waals surface area contributed by atoms with E-state index in [4.69, 9.17) is 9.47 Å². The van der Waals surface area contributed by atoms with Crippen molar-refractivity contribution in [2.45, 2.75) is 9.79 Å². The first-order valence-electron chi connectivity index (χ1n) is 7.23. The molecule has 0 aromatic heterocycles. The second-order valence-electron chi connectivity index (χ2n) is 4.59. The lowest BCUT2D eigenvalue weighted by Crippen LogP contribution is -2.31. The predicted molar refractivity (Wildman–Crippen MR) is 91.9 cm³/mol. The highest BCUT2D eigenvalue weighted by Crippen LogP contribution is 2.32. The van der Waals surface area contributed by atoms with Crippen LogP contribution >= 0.6 is 11.8 Å². The van der Waals surface area contributed by atoms with Crippen molar-refractivity contribution in [2.75, 3.05) is 32.4 Å². The Hall–Kier alpha value is -2.02. The van der Waals surface area contributed by atoms with Crippen molar-refractivity contribution >= 4 is 23.5 Å². The standard InChI is InChI=1S/C17H20N2O3S/c1-21-11-12-22-13-18-17(20)19-15-9-5-6-10-16(15)23-14-7-3-2-4-8-14/h2-10H,11-13H2,1H3,(H2,18,19,20). The molecule has 2 aromatic carbocycles. The first-order chi connectivity index (χ1) is 11.3. The van der Waals surface area contributed by atoms with Gasteiger partial charge in [-0.1, -0.05) is 42.1 Å². The number of hydrogen-bond donors (Lipinski definition) is 2. The van der Waals surface area contributed by atoms with Crippen LogP contribution in [0.1, 0.15) is 0 Å². The minimum atomic E-state index is -0.302. The van der Waals surface area contributed by atoms with Crippen molar-refractivity contribution in [2.24, 2.45) is 0 Å². The van der Waals surface area contributed by atoms with Gasteiger partial charge in [0, 0.05) is 16.9 Å². The molecule has 23 heavy (non-hydrogen) atoms. The number of amides is 2. The molecule has 0 fully saturated rings. The molecule has 0 spiro atoms. The Morgan fingerprint density at radius 1 is 1.04 bits per heavy atom. The Labute approximate surface area is 140 Å². The van der Waals surface area contributed by atoms with Gasteiger partial charge in [-0.2, -0.15) is 0 Å². The smallest absolute Gasteiger partial charge is 0.321 e. The third kappa shape index (κ3) is 6.32. The second-order valence-corrected chi connectivity index (χ2v) is 5.70. The molecule has 0 aliphatic heterocycles. The van der Waals surface area contributed by atoms with Crippen LogP contribution in [0.5, 0.6) is 0 Å². The quantitative estimate of drug-likeness (QED) is 0.573. The number of rotatable bonds is 8. The molecule has 2 aromatic rings. The molecule has 2 N–H and O–H groups in total. The molecule has 0 unspecified atom stereocenters. The van der Waals surface area contributed by atoms with Crippen LogP contribution in [-0.4, -0.2) is 33.1 Å². The molecule has 122 valence electrons. The zero-order valence-corrected chi connectivity index (χ0v) is 13.8. The van der Waals surface area contributed by atoms with Crippen molar-refractivity contribution < 1.29 is 14.3 Å². The Morgan fingerprint density at radius 2 is 1.78 bits per heavy atom. The summed E-state index contributed by atoms with van der Waals surface area (Å²) in [7, 11) is 1.60. The van der Waals surface area contributed by atoms with Gasteiger partial charge in [-0.15, -0.1) is 0 Å². The molecule has 0 heterocycles. The molecule has 0 atom stereocenters. The maximum absolute atomic E-state index is 11.9. The number of benzene rings is 2. The zero-order valence-electron chi connectivity index (χ0n) is 13.0. The van der Waals surface area contributed by atoms with Gasteiger partial charge in [-0.05, 0) is 24.3 Å². The van der Waals surface area contributed by atoms with E-state index in [9.17, 15) is 4.79 Å². The van der Waals surface area contributed by atoms with Gasteiger partial charge in [-0.3, -0.25) is 0 Å². The average Bonchev–Trinajstić information content (AvgIpc) is 2.57. The molecule has 0 saturated carbocycles. The molecular formula is C17H20N2O3S. The lowest BCUT2D eigenvalue weighted by Gasteiger charge is -2.12. The van der Waals surface area contributed by atoms with E-state index >= 15 is 0 Å². The highest BCUT2D eigenvalue weighted by atomic mass is 32.2. The topological polar surface area (TPSA) is 59.6 Å². The van der Waals surface area contributed by atoms with Gasteiger partial charge < -0.3 is 20.1 Å². The number of carbonyl (C=O) groups is 1. The van der Waals surface area contributed by atoms with E-state index in [0.717, 1.165) is 15.5 Å². The van der Waals surface area contributed by atoms with Crippen molar-refractivity contribution in [1.82, 2.24) is 5.32 Å². The minimum Gasteiger partial charge on any atom is -0.382 e. The molecule has 0 saturated heterocycles. The summed E-state index contributed by atoms with van der Waals surface area (Å²) >= 11 is 1.60. The maximum atomic E-state index is 11.9. The van der Waals surface area contributed by atoms with Gasteiger partial charge in [0.05, 0.1) is 18.9 Å². The van der Waals surface area contributed by atoms with Crippen LogP contribution in [0, 0.1) is 0 Å². The summed E-state index contributed by atoms with van der Waals surface area (Å²) in [6, 6.07) is 17.4. The molecule has 0 radical (unpaired) electrons. The molecule has 0 aliphatic carbocycles. The largest absolute Gasteiger partial charge is 0.382 e.